The Morgan fingerprint density at radius 1 is 0.960 bits per heavy atom. The maximum absolute atomic E-state index is 12.2. The van der Waals surface area contributed by atoms with Crippen LogP contribution in [0.2, 0.25) is 0 Å². The lowest BCUT2D eigenvalue weighted by molar-refractivity contribution is -0.115. The van der Waals surface area contributed by atoms with E-state index in [4.69, 9.17) is 0 Å². The summed E-state index contributed by atoms with van der Waals surface area (Å²) in [6.07, 6.45) is 0. The highest BCUT2D eigenvalue weighted by atomic mass is 32.1. The van der Waals surface area contributed by atoms with E-state index in [9.17, 15) is 14.4 Å². The van der Waals surface area contributed by atoms with Crippen LogP contribution in [0.4, 0.5) is 11.4 Å². The number of anilines is 2. The summed E-state index contributed by atoms with van der Waals surface area (Å²) in [6.45, 7) is 2.78. The molecule has 7 heteroatoms. The van der Waals surface area contributed by atoms with Crippen LogP contribution in [0.25, 0.3) is 20.7 Å². The van der Waals surface area contributed by atoms with E-state index in [1.54, 1.807) is 30.3 Å². The van der Waals surface area contributed by atoms with Gasteiger partial charge in [-0.25, -0.2) is 0 Å². The van der Waals surface area contributed by atoms with Crippen LogP contribution < -0.4 is 16.2 Å². The van der Waals surface area contributed by atoms with Gasteiger partial charge in [-0.05, 0) is 30.3 Å². The molecule has 25 heavy (non-hydrogen) atoms. The Labute approximate surface area is 147 Å². The number of rotatable bonds is 3. The SMILES string of the molecule is CC(=O)Nc1ccc(-c2nc(=O)c3ccccc3s2)cc1NC(C)=O. The predicted molar refractivity (Wildman–Crippen MR) is 99.9 cm³/mol. The van der Waals surface area contributed by atoms with Gasteiger partial charge in [0.1, 0.15) is 5.01 Å². The van der Waals surface area contributed by atoms with Crippen molar-refractivity contribution in [3.63, 3.8) is 0 Å². The number of fused-ring (bicyclic) bond motifs is 1. The summed E-state index contributed by atoms with van der Waals surface area (Å²) in [5.74, 6) is -0.503. The molecule has 0 aliphatic heterocycles. The number of hydrogen-bond donors (Lipinski definition) is 2. The van der Waals surface area contributed by atoms with Crippen LogP contribution in [0, 0.1) is 0 Å². The molecule has 0 saturated heterocycles. The van der Waals surface area contributed by atoms with Gasteiger partial charge < -0.3 is 10.6 Å². The van der Waals surface area contributed by atoms with E-state index in [1.165, 1.54) is 25.2 Å². The van der Waals surface area contributed by atoms with Crippen molar-refractivity contribution in [3.05, 3.63) is 52.8 Å². The average molecular weight is 353 g/mol. The van der Waals surface area contributed by atoms with Crippen molar-refractivity contribution >= 4 is 44.6 Å². The van der Waals surface area contributed by atoms with Gasteiger partial charge in [0, 0.05) is 24.1 Å². The van der Waals surface area contributed by atoms with E-state index in [0.29, 0.717) is 27.3 Å². The van der Waals surface area contributed by atoms with E-state index in [0.717, 1.165) is 4.70 Å². The summed E-state index contributed by atoms with van der Waals surface area (Å²) in [6, 6.07) is 12.4. The minimum atomic E-state index is -0.295. The summed E-state index contributed by atoms with van der Waals surface area (Å²) in [5.41, 5.74) is 1.33. The van der Waals surface area contributed by atoms with Crippen LogP contribution in [0.15, 0.2) is 47.3 Å². The molecule has 0 aliphatic rings. The molecule has 2 N–H and O–H groups in total. The monoisotopic (exact) mass is 353 g/mol. The zero-order valence-corrected chi connectivity index (χ0v) is 14.4. The minimum absolute atomic E-state index is 0.243. The highest BCUT2D eigenvalue weighted by Crippen LogP contribution is 2.31. The topological polar surface area (TPSA) is 88.2 Å². The standard InChI is InChI=1S/C18H15N3O3S/c1-10(22)19-14-8-7-12(9-15(14)20-11(2)23)18-21-17(24)13-5-3-4-6-16(13)25-18/h3-9H,1-2H3,(H,19,22)(H,20,23). The molecule has 0 radical (unpaired) electrons. The third-order valence-corrected chi connectivity index (χ3v) is 4.51. The number of benzene rings is 2. The van der Waals surface area contributed by atoms with E-state index in [-0.39, 0.29) is 17.4 Å². The average Bonchev–Trinajstić information content (AvgIpc) is 2.55. The van der Waals surface area contributed by atoms with Crippen LogP contribution in [0.3, 0.4) is 0 Å². The first kappa shape index (κ1) is 16.8. The molecule has 2 aromatic carbocycles. The summed E-state index contributed by atoms with van der Waals surface area (Å²) < 4.78 is 0.838. The van der Waals surface area contributed by atoms with Crippen molar-refractivity contribution in [1.29, 1.82) is 0 Å². The van der Waals surface area contributed by atoms with Gasteiger partial charge in [0.25, 0.3) is 5.56 Å². The maximum Gasteiger partial charge on any atom is 0.279 e. The summed E-state index contributed by atoms with van der Waals surface area (Å²) in [4.78, 5) is 39.1. The summed E-state index contributed by atoms with van der Waals surface area (Å²) in [5, 5.41) is 6.47. The van der Waals surface area contributed by atoms with Crippen molar-refractivity contribution in [3.8, 4) is 10.6 Å². The Morgan fingerprint density at radius 3 is 2.36 bits per heavy atom. The van der Waals surface area contributed by atoms with Crippen LogP contribution in [-0.2, 0) is 9.59 Å². The highest BCUT2D eigenvalue weighted by molar-refractivity contribution is 7.21. The Bertz CT molecular complexity index is 1040. The first-order valence-electron chi connectivity index (χ1n) is 7.53. The Kier molecular flexibility index (Phi) is 4.58. The fourth-order valence-electron chi connectivity index (χ4n) is 2.40. The van der Waals surface area contributed by atoms with Crippen molar-refractivity contribution in [2.24, 2.45) is 0 Å². The van der Waals surface area contributed by atoms with Gasteiger partial charge in [0.2, 0.25) is 11.8 Å². The molecule has 1 aromatic heterocycles. The Balaban J connectivity index is 2.12. The molecule has 6 nitrogen and oxygen atoms in total. The molecule has 3 aromatic rings. The third-order valence-electron chi connectivity index (χ3n) is 3.42. The van der Waals surface area contributed by atoms with E-state index in [2.05, 4.69) is 15.6 Å². The van der Waals surface area contributed by atoms with Crippen molar-refractivity contribution in [2.45, 2.75) is 13.8 Å². The lowest BCUT2D eigenvalue weighted by Crippen LogP contribution is -2.12. The van der Waals surface area contributed by atoms with Crippen molar-refractivity contribution < 1.29 is 9.59 Å². The van der Waals surface area contributed by atoms with Crippen molar-refractivity contribution in [1.82, 2.24) is 4.98 Å². The molecule has 0 atom stereocenters. The fraction of sp³-hybridized carbons (Fsp3) is 0.111. The number of carbonyl (C=O) groups excluding carboxylic acids is 2. The first-order valence-corrected chi connectivity index (χ1v) is 8.35. The van der Waals surface area contributed by atoms with Crippen LogP contribution >= 0.6 is 11.3 Å². The van der Waals surface area contributed by atoms with E-state index >= 15 is 0 Å². The van der Waals surface area contributed by atoms with Gasteiger partial charge in [-0.2, -0.15) is 4.98 Å². The van der Waals surface area contributed by atoms with Gasteiger partial charge in [-0.1, -0.05) is 12.1 Å². The highest BCUT2D eigenvalue weighted by Gasteiger charge is 2.11. The largest absolute Gasteiger partial charge is 0.325 e. The third kappa shape index (κ3) is 3.72. The number of hydrogen-bond acceptors (Lipinski definition) is 5. The van der Waals surface area contributed by atoms with E-state index in [1.807, 2.05) is 12.1 Å². The molecule has 0 aliphatic carbocycles. The second kappa shape index (κ2) is 6.82. The molecule has 0 bridgehead atoms. The van der Waals surface area contributed by atoms with Gasteiger partial charge in [0.15, 0.2) is 0 Å². The molecular formula is C18H15N3O3S. The molecule has 0 spiro atoms. The smallest absolute Gasteiger partial charge is 0.279 e. The van der Waals surface area contributed by atoms with E-state index < -0.39 is 0 Å². The quantitative estimate of drug-likeness (QED) is 0.756. The molecule has 2 amide bonds. The lowest BCUT2D eigenvalue weighted by atomic mass is 10.1. The van der Waals surface area contributed by atoms with Crippen LogP contribution in [0.1, 0.15) is 13.8 Å². The second-order valence-electron chi connectivity index (χ2n) is 5.44. The van der Waals surface area contributed by atoms with Crippen LogP contribution in [-0.4, -0.2) is 16.8 Å². The maximum atomic E-state index is 12.2. The predicted octanol–water partition coefficient (Wildman–Crippen LogP) is 3.24. The van der Waals surface area contributed by atoms with Gasteiger partial charge in [-0.3, -0.25) is 14.4 Å². The second-order valence-corrected chi connectivity index (χ2v) is 6.47. The summed E-state index contributed by atoms with van der Waals surface area (Å²) in [7, 11) is 0. The molecule has 126 valence electrons. The zero-order chi connectivity index (χ0) is 18.0. The number of amides is 2. The molecule has 3 rings (SSSR count). The van der Waals surface area contributed by atoms with Crippen molar-refractivity contribution in [2.75, 3.05) is 10.6 Å². The van der Waals surface area contributed by atoms with Gasteiger partial charge in [0.05, 0.1) is 16.8 Å². The molecular weight excluding hydrogens is 338 g/mol. The molecule has 0 unspecified atom stereocenters. The molecule has 0 saturated carbocycles. The Hall–Kier alpha value is -3.06. The zero-order valence-electron chi connectivity index (χ0n) is 13.6. The number of aromatic nitrogens is 1. The molecule has 1 heterocycles. The summed E-state index contributed by atoms with van der Waals surface area (Å²) >= 11 is 1.39. The normalized spacial score (nSPS) is 10.5. The van der Waals surface area contributed by atoms with Gasteiger partial charge >= 0.3 is 0 Å². The van der Waals surface area contributed by atoms with Gasteiger partial charge in [-0.15, -0.1) is 11.3 Å². The fourth-order valence-corrected chi connectivity index (χ4v) is 3.40. The van der Waals surface area contributed by atoms with Crippen LogP contribution in [0.5, 0.6) is 0 Å². The lowest BCUT2D eigenvalue weighted by Gasteiger charge is -2.12. The first-order chi connectivity index (χ1) is 11.9. The number of nitrogens with zero attached hydrogens (tertiary/aromatic N) is 1. The number of carbonyl (C=O) groups is 2. The Morgan fingerprint density at radius 2 is 1.64 bits per heavy atom. The minimum Gasteiger partial charge on any atom is -0.325 e. The number of nitrogens with one attached hydrogen (secondary N) is 2. The molecule has 0 fully saturated rings.